The Balaban J connectivity index is 2.35. The van der Waals surface area contributed by atoms with Gasteiger partial charge in [-0.05, 0) is 36.3 Å². The predicted octanol–water partition coefficient (Wildman–Crippen LogP) is 1.34. The number of hydrogen-bond donors (Lipinski definition) is 2. The van der Waals surface area contributed by atoms with E-state index >= 15 is 0 Å². The van der Waals surface area contributed by atoms with E-state index in [9.17, 15) is 23.1 Å². The summed E-state index contributed by atoms with van der Waals surface area (Å²) in [5, 5.41) is 12.0. The Hall–Kier alpha value is -1.54. The summed E-state index contributed by atoms with van der Waals surface area (Å²) in [6, 6.07) is 4.45. The van der Waals surface area contributed by atoms with Crippen molar-refractivity contribution in [3.05, 3.63) is 29.3 Å². The van der Waals surface area contributed by atoms with Gasteiger partial charge in [0.2, 0.25) is 0 Å². The van der Waals surface area contributed by atoms with Gasteiger partial charge in [-0.1, -0.05) is 13.0 Å². The summed E-state index contributed by atoms with van der Waals surface area (Å²) < 4.78 is 23.7. The highest BCUT2D eigenvalue weighted by molar-refractivity contribution is 7.99. The van der Waals surface area contributed by atoms with Crippen LogP contribution < -0.4 is 5.32 Å². The van der Waals surface area contributed by atoms with Crippen LogP contribution in [0.5, 0.6) is 0 Å². The largest absolute Gasteiger partial charge is 0.479 e. The molecule has 0 spiro atoms. The lowest BCUT2D eigenvalue weighted by Crippen LogP contribution is -2.54. The molecule has 8 heteroatoms. The van der Waals surface area contributed by atoms with Gasteiger partial charge in [-0.2, -0.15) is 11.8 Å². The number of rotatable bonds is 5. The maximum absolute atomic E-state index is 12.4. The summed E-state index contributed by atoms with van der Waals surface area (Å²) in [6.07, 6.45) is 1.97. The number of hydrogen-bond acceptors (Lipinski definition) is 5. The van der Waals surface area contributed by atoms with E-state index in [1.54, 1.807) is 6.07 Å². The zero-order valence-electron chi connectivity index (χ0n) is 13.0. The van der Waals surface area contributed by atoms with Gasteiger partial charge in [0.15, 0.2) is 9.84 Å². The van der Waals surface area contributed by atoms with Gasteiger partial charge in [-0.25, -0.2) is 13.2 Å². The monoisotopic (exact) mass is 357 g/mol. The Morgan fingerprint density at radius 1 is 1.39 bits per heavy atom. The molecule has 1 saturated heterocycles. The van der Waals surface area contributed by atoms with E-state index in [0.29, 0.717) is 29.9 Å². The molecule has 0 radical (unpaired) electrons. The first-order valence-corrected chi connectivity index (χ1v) is 10.2. The molecule has 1 aromatic carbocycles. The average Bonchev–Trinajstić information content (AvgIpc) is 2.95. The van der Waals surface area contributed by atoms with Crippen molar-refractivity contribution in [3.63, 3.8) is 0 Å². The van der Waals surface area contributed by atoms with Crippen molar-refractivity contribution in [2.24, 2.45) is 0 Å². The molecular weight excluding hydrogens is 338 g/mol. The summed E-state index contributed by atoms with van der Waals surface area (Å²) in [7, 11) is -3.46. The summed E-state index contributed by atoms with van der Waals surface area (Å²) >= 11 is 1.47. The molecule has 1 aromatic rings. The highest BCUT2D eigenvalue weighted by Gasteiger charge is 2.43. The van der Waals surface area contributed by atoms with E-state index in [2.05, 4.69) is 5.32 Å². The number of thioether (sulfide) groups is 1. The molecule has 0 aromatic heterocycles. The second kappa shape index (κ2) is 6.52. The molecule has 6 nitrogen and oxygen atoms in total. The minimum absolute atomic E-state index is 0.109. The van der Waals surface area contributed by atoms with Crippen molar-refractivity contribution in [2.75, 3.05) is 17.8 Å². The lowest BCUT2D eigenvalue weighted by molar-refractivity contribution is -0.143. The Morgan fingerprint density at radius 3 is 2.57 bits per heavy atom. The van der Waals surface area contributed by atoms with Crippen LogP contribution in [0.15, 0.2) is 23.1 Å². The number of aliphatic carboxylic acids is 1. The minimum Gasteiger partial charge on any atom is -0.479 e. The van der Waals surface area contributed by atoms with E-state index < -0.39 is 27.3 Å². The van der Waals surface area contributed by atoms with Crippen LogP contribution >= 0.6 is 11.8 Å². The van der Waals surface area contributed by atoms with Crippen LogP contribution in [0.2, 0.25) is 0 Å². The third-order valence-electron chi connectivity index (χ3n) is 3.89. The molecule has 126 valence electrons. The van der Waals surface area contributed by atoms with E-state index in [1.165, 1.54) is 23.9 Å². The lowest BCUT2D eigenvalue weighted by Gasteiger charge is -2.24. The van der Waals surface area contributed by atoms with Crippen molar-refractivity contribution in [3.8, 4) is 0 Å². The van der Waals surface area contributed by atoms with Gasteiger partial charge in [0.25, 0.3) is 5.91 Å². The first kappa shape index (κ1) is 17.8. The average molecular weight is 357 g/mol. The summed E-state index contributed by atoms with van der Waals surface area (Å²) in [6.45, 7) is 1.83. The number of carbonyl (C=O) groups excluding carboxylic acids is 1. The number of sulfone groups is 1. The molecule has 1 heterocycles. The Labute approximate surface area is 139 Å². The second-order valence-electron chi connectivity index (χ2n) is 5.59. The molecule has 2 rings (SSSR count). The molecule has 1 fully saturated rings. The highest BCUT2D eigenvalue weighted by atomic mass is 32.2. The zero-order chi connectivity index (χ0) is 17.3. The number of amides is 1. The fourth-order valence-electron chi connectivity index (χ4n) is 2.51. The second-order valence-corrected chi connectivity index (χ2v) is 8.68. The van der Waals surface area contributed by atoms with E-state index in [4.69, 9.17) is 0 Å². The standard InChI is InChI=1S/C15H19NO5S2/c1-3-10-4-5-11(8-12(10)23(2,20)21)13(17)16-15(14(18)19)6-7-22-9-15/h4-5,8H,3,6-7,9H2,1-2H3,(H,16,17)(H,18,19). The van der Waals surface area contributed by atoms with Crippen molar-refractivity contribution < 1.29 is 23.1 Å². The molecule has 1 amide bonds. The van der Waals surface area contributed by atoms with Gasteiger partial charge in [-0.15, -0.1) is 0 Å². The van der Waals surface area contributed by atoms with Crippen molar-refractivity contribution in [1.82, 2.24) is 5.32 Å². The summed E-state index contributed by atoms with van der Waals surface area (Å²) in [5.41, 5.74) is -0.496. The van der Waals surface area contributed by atoms with Crippen LogP contribution in [0.3, 0.4) is 0 Å². The number of aryl methyl sites for hydroxylation is 1. The van der Waals surface area contributed by atoms with E-state index in [1.807, 2.05) is 6.92 Å². The Bertz CT molecular complexity index is 736. The molecule has 0 saturated carbocycles. The Morgan fingerprint density at radius 2 is 2.09 bits per heavy atom. The van der Waals surface area contributed by atoms with E-state index in [0.717, 1.165) is 6.26 Å². The van der Waals surface area contributed by atoms with Crippen LogP contribution in [0, 0.1) is 0 Å². The summed E-state index contributed by atoms with van der Waals surface area (Å²) in [5.74, 6) is -0.664. The van der Waals surface area contributed by atoms with Crippen LogP contribution in [0.4, 0.5) is 0 Å². The minimum atomic E-state index is -3.46. The molecule has 1 atom stereocenters. The number of carboxylic acid groups (broad SMARTS) is 1. The van der Waals surface area contributed by atoms with Gasteiger partial charge >= 0.3 is 5.97 Å². The van der Waals surface area contributed by atoms with Crippen molar-refractivity contribution in [2.45, 2.75) is 30.2 Å². The van der Waals surface area contributed by atoms with Crippen LogP contribution in [-0.2, 0) is 21.1 Å². The predicted molar refractivity (Wildman–Crippen MR) is 88.7 cm³/mol. The normalized spacial score (nSPS) is 21.1. The SMILES string of the molecule is CCc1ccc(C(=O)NC2(C(=O)O)CCSC2)cc1S(C)(=O)=O. The van der Waals surface area contributed by atoms with Crippen molar-refractivity contribution >= 4 is 33.5 Å². The first-order valence-electron chi connectivity index (χ1n) is 7.16. The third-order valence-corrected chi connectivity index (χ3v) is 6.26. The van der Waals surface area contributed by atoms with Gasteiger partial charge in [0, 0.05) is 17.6 Å². The molecular formula is C15H19NO5S2. The van der Waals surface area contributed by atoms with Crippen molar-refractivity contribution in [1.29, 1.82) is 0 Å². The third kappa shape index (κ3) is 3.69. The Kier molecular flexibility index (Phi) is 5.05. The molecule has 23 heavy (non-hydrogen) atoms. The van der Waals surface area contributed by atoms with E-state index in [-0.39, 0.29) is 10.5 Å². The smallest absolute Gasteiger partial charge is 0.330 e. The zero-order valence-corrected chi connectivity index (χ0v) is 14.6. The van der Waals surface area contributed by atoms with Gasteiger partial charge in [0.1, 0.15) is 5.54 Å². The molecule has 1 aliphatic heterocycles. The fraction of sp³-hybridized carbons (Fsp3) is 0.467. The molecule has 2 N–H and O–H groups in total. The lowest BCUT2D eigenvalue weighted by atomic mass is 9.98. The van der Waals surface area contributed by atoms with Gasteiger partial charge in [-0.3, -0.25) is 4.79 Å². The highest BCUT2D eigenvalue weighted by Crippen LogP contribution is 2.29. The first-order chi connectivity index (χ1) is 10.7. The maximum atomic E-state index is 12.4. The topological polar surface area (TPSA) is 101 Å². The van der Waals surface area contributed by atoms with Crippen LogP contribution in [-0.4, -0.2) is 48.7 Å². The fourth-order valence-corrected chi connectivity index (χ4v) is 4.86. The number of carboxylic acids is 1. The van der Waals surface area contributed by atoms with Gasteiger partial charge in [0.05, 0.1) is 4.90 Å². The van der Waals surface area contributed by atoms with Gasteiger partial charge < -0.3 is 10.4 Å². The molecule has 0 bridgehead atoms. The van der Waals surface area contributed by atoms with Crippen LogP contribution in [0.25, 0.3) is 0 Å². The summed E-state index contributed by atoms with van der Waals surface area (Å²) in [4.78, 5) is 24.0. The number of benzene rings is 1. The number of nitrogens with one attached hydrogen (secondary N) is 1. The molecule has 1 unspecified atom stereocenters. The molecule has 0 aliphatic carbocycles. The number of carbonyl (C=O) groups is 2. The van der Waals surface area contributed by atoms with Crippen LogP contribution in [0.1, 0.15) is 29.3 Å². The molecule has 1 aliphatic rings. The quantitative estimate of drug-likeness (QED) is 0.825. The maximum Gasteiger partial charge on any atom is 0.330 e.